The molecule has 1 heterocycles. The molecule has 1 aliphatic rings. The Kier molecular flexibility index (Phi) is 4.25. The largest absolute Gasteiger partial charge is 0.513 e. The number of fused-ring (bicyclic) bond motifs is 1. The maximum absolute atomic E-state index is 13.8. The molecule has 0 N–H and O–H groups in total. The van der Waals surface area contributed by atoms with Gasteiger partial charge in [-0.25, -0.2) is 9.18 Å². The molecule has 0 aliphatic carbocycles. The van der Waals surface area contributed by atoms with Crippen LogP contribution in [0.1, 0.15) is 27.7 Å². The van der Waals surface area contributed by atoms with Crippen LogP contribution in [0.25, 0.3) is 10.8 Å². The van der Waals surface area contributed by atoms with E-state index in [4.69, 9.17) is 14.0 Å². The zero-order valence-electron chi connectivity index (χ0n) is 14.9. The van der Waals surface area contributed by atoms with E-state index in [0.717, 1.165) is 0 Å². The van der Waals surface area contributed by atoms with Crippen LogP contribution in [0.4, 0.5) is 9.18 Å². The van der Waals surface area contributed by atoms with Crippen LogP contribution < -0.4 is 10.2 Å². The van der Waals surface area contributed by atoms with Gasteiger partial charge in [-0.2, -0.15) is 0 Å². The summed E-state index contributed by atoms with van der Waals surface area (Å²) in [4.78, 5) is 11.4. The number of halogens is 1. The second-order valence-electron chi connectivity index (χ2n) is 7.02. The monoisotopic (exact) mass is 346 g/mol. The van der Waals surface area contributed by atoms with Crippen molar-refractivity contribution in [1.29, 1.82) is 0 Å². The summed E-state index contributed by atoms with van der Waals surface area (Å²) in [6.07, 6.45) is -0.832. The van der Waals surface area contributed by atoms with Gasteiger partial charge < -0.3 is 18.8 Å². The normalized spacial score (nSPS) is 18.4. The molecule has 1 fully saturated rings. The molecule has 1 saturated heterocycles. The van der Waals surface area contributed by atoms with Gasteiger partial charge in [0.2, 0.25) is 0 Å². The second kappa shape index (κ2) is 6.00. The molecule has 0 radical (unpaired) electrons. The molecule has 0 unspecified atom stereocenters. The Hall–Kier alpha value is -2.12. The van der Waals surface area contributed by atoms with Gasteiger partial charge in [0.15, 0.2) is 0 Å². The molecular formula is C18H20BFO5. The highest BCUT2D eigenvalue weighted by atomic mass is 19.1. The van der Waals surface area contributed by atoms with Crippen LogP contribution in [0.5, 0.6) is 5.75 Å². The molecule has 0 amide bonds. The molecule has 0 saturated carbocycles. The van der Waals surface area contributed by atoms with Crippen molar-refractivity contribution in [1.82, 2.24) is 0 Å². The third-order valence-electron chi connectivity index (χ3n) is 4.80. The molecule has 2 aromatic rings. The van der Waals surface area contributed by atoms with Crippen molar-refractivity contribution in [2.45, 2.75) is 38.9 Å². The summed E-state index contributed by atoms with van der Waals surface area (Å²) >= 11 is 0. The lowest BCUT2D eigenvalue weighted by Gasteiger charge is -2.32. The van der Waals surface area contributed by atoms with Crippen molar-refractivity contribution in [3.05, 3.63) is 36.1 Å². The van der Waals surface area contributed by atoms with Gasteiger partial charge in [-0.05, 0) is 68.2 Å². The van der Waals surface area contributed by atoms with Crippen LogP contribution in [0.15, 0.2) is 30.3 Å². The lowest BCUT2D eigenvalue weighted by Crippen LogP contribution is -2.41. The Morgan fingerprint density at radius 3 is 2.32 bits per heavy atom. The van der Waals surface area contributed by atoms with Crippen molar-refractivity contribution in [2.75, 3.05) is 7.11 Å². The Bertz CT molecular complexity index is 818. The lowest BCUT2D eigenvalue weighted by atomic mass is 9.76. The zero-order valence-corrected chi connectivity index (χ0v) is 14.9. The van der Waals surface area contributed by atoms with E-state index in [2.05, 4.69) is 4.74 Å². The van der Waals surface area contributed by atoms with Crippen molar-refractivity contribution < 1.29 is 28.0 Å². The maximum Gasteiger partial charge on any atom is 0.513 e. The van der Waals surface area contributed by atoms with Gasteiger partial charge in [0, 0.05) is 0 Å². The fourth-order valence-corrected chi connectivity index (χ4v) is 2.69. The molecule has 3 rings (SSSR count). The maximum atomic E-state index is 13.8. The quantitative estimate of drug-likeness (QED) is 0.474. The first kappa shape index (κ1) is 17.7. The molecule has 0 aromatic heterocycles. The van der Waals surface area contributed by atoms with Crippen LogP contribution in [0.2, 0.25) is 0 Å². The molecule has 132 valence electrons. The summed E-state index contributed by atoms with van der Waals surface area (Å²) in [7, 11) is 0.518. The van der Waals surface area contributed by atoms with Crippen LogP contribution in [0.3, 0.4) is 0 Å². The topological polar surface area (TPSA) is 54.0 Å². The van der Waals surface area contributed by atoms with E-state index in [1.807, 2.05) is 27.7 Å². The fraction of sp³-hybridized carbons (Fsp3) is 0.389. The summed E-state index contributed by atoms with van der Waals surface area (Å²) < 4.78 is 35.6. The molecule has 1 aliphatic heterocycles. The Balaban J connectivity index is 2.12. The van der Waals surface area contributed by atoms with Gasteiger partial charge in [-0.1, -0.05) is 6.07 Å². The van der Waals surface area contributed by atoms with E-state index in [-0.39, 0.29) is 11.6 Å². The van der Waals surface area contributed by atoms with Crippen LogP contribution in [-0.2, 0) is 14.0 Å². The van der Waals surface area contributed by atoms with Crippen molar-refractivity contribution in [3.8, 4) is 5.75 Å². The smallest absolute Gasteiger partial charge is 0.437 e. The van der Waals surface area contributed by atoms with Crippen molar-refractivity contribution in [2.24, 2.45) is 0 Å². The zero-order chi connectivity index (χ0) is 18.4. The number of carbonyl (C=O) groups excluding carboxylic acids is 1. The molecule has 0 atom stereocenters. The van der Waals surface area contributed by atoms with Gasteiger partial charge >= 0.3 is 13.3 Å². The average Bonchev–Trinajstić information content (AvgIpc) is 2.74. The van der Waals surface area contributed by atoms with Gasteiger partial charge in [-0.3, -0.25) is 0 Å². The molecule has 0 bridgehead atoms. The SMILES string of the molecule is COC(=O)Oc1cc(B2OC(C)(C)C(C)(C)O2)c2cc(F)ccc2c1. The van der Waals surface area contributed by atoms with Crippen molar-refractivity contribution >= 4 is 29.5 Å². The minimum atomic E-state index is -0.832. The third-order valence-corrected chi connectivity index (χ3v) is 4.80. The predicted octanol–water partition coefficient (Wildman–Crippen LogP) is 3.42. The van der Waals surface area contributed by atoms with E-state index in [1.165, 1.54) is 19.2 Å². The Labute approximate surface area is 146 Å². The minimum absolute atomic E-state index is 0.274. The van der Waals surface area contributed by atoms with Gasteiger partial charge in [0.25, 0.3) is 0 Å². The first-order chi connectivity index (χ1) is 11.6. The average molecular weight is 346 g/mol. The highest BCUT2D eigenvalue weighted by Crippen LogP contribution is 2.37. The third kappa shape index (κ3) is 3.21. The van der Waals surface area contributed by atoms with Gasteiger partial charge in [0.1, 0.15) is 11.6 Å². The number of rotatable bonds is 2. The van der Waals surface area contributed by atoms with Crippen molar-refractivity contribution in [3.63, 3.8) is 0 Å². The highest BCUT2D eigenvalue weighted by molar-refractivity contribution is 6.65. The van der Waals surface area contributed by atoms with Gasteiger partial charge in [0.05, 0.1) is 18.3 Å². The minimum Gasteiger partial charge on any atom is -0.437 e. The van der Waals surface area contributed by atoms with E-state index >= 15 is 0 Å². The Morgan fingerprint density at radius 1 is 1.08 bits per heavy atom. The lowest BCUT2D eigenvalue weighted by molar-refractivity contribution is 0.00578. The number of carbonyl (C=O) groups is 1. The molecule has 7 heteroatoms. The van der Waals surface area contributed by atoms with E-state index in [0.29, 0.717) is 16.2 Å². The van der Waals surface area contributed by atoms with E-state index < -0.39 is 24.5 Å². The van der Waals surface area contributed by atoms with Crippen LogP contribution in [-0.4, -0.2) is 31.6 Å². The van der Waals surface area contributed by atoms with Gasteiger partial charge in [-0.15, -0.1) is 0 Å². The standard InChI is InChI=1S/C18H20BFO5/c1-17(2)18(3,4)25-19(24-17)15-10-13(23-16(21)22-5)8-11-6-7-12(20)9-14(11)15/h6-10H,1-5H3. The number of benzene rings is 2. The summed E-state index contributed by atoms with van der Waals surface area (Å²) in [5.74, 6) is -0.0948. The van der Waals surface area contributed by atoms with Crippen LogP contribution in [0, 0.1) is 5.82 Å². The molecule has 0 spiro atoms. The molecular weight excluding hydrogens is 326 g/mol. The fourth-order valence-electron chi connectivity index (χ4n) is 2.69. The number of methoxy groups -OCH3 is 1. The second-order valence-corrected chi connectivity index (χ2v) is 7.02. The predicted molar refractivity (Wildman–Crippen MR) is 92.7 cm³/mol. The molecule has 5 nitrogen and oxygen atoms in total. The number of ether oxygens (including phenoxy) is 2. The molecule has 2 aromatic carbocycles. The van der Waals surface area contributed by atoms with Crippen LogP contribution >= 0.6 is 0 Å². The summed E-state index contributed by atoms with van der Waals surface area (Å²) in [6, 6.07) is 7.63. The summed E-state index contributed by atoms with van der Waals surface area (Å²) in [5, 5.41) is 1.34. The number of hydrogen-bond donors (Lipinski definition) is 0. The highest BCUT2D eigenvalue weighted by Gasteiger charge is 2.52. The first-order valence-corrected chi connectivity index (χ1v) is 7.97. The molecule has 25 heavy (non-hydrogen) atoms. The summed E-state index contributed by atoms with van der Waals surface area (Å²) in [6.45, 7) is 7.74. The summed E-state index contributed by atoms with van der Waals surface area (Å²) in [5.41, 5.74) is -0.498. The van der Waals surface area contributed by atoms with E-state index in [1.54, 1.807) is 18.2 Å². The number of hydrogen-bond acceptors (Lipinski definition) is 5. The van der Waals surface area contributed by atoms with E-state index in [9.17, 15) is 9.18 Å². The Morgan fingerprint density at radius 2 is 1.72 bits per heavy atom. The first-order valence-electron chi connectivity index (χ1n) is 7.97.